The SMILES string of the molecule is CC(C)(C)C1CCCCC1NC(=O)c1ccc(Br)o1. The summed E-state index contributed by atoms with van der Waals surface area (Å²) in [5.74, 6) is 0.806. The Morgan fingerprint density at radius 1 is 1.32 bits per heavy atom. The molecule has 0 aromatic carbocycles. The third-order valence-corrected chi connectivity index (χ3v) is 4.42. The van der Waals surface area contributed by atoms with E-state index in [1.807, 2.05) is 0 Å². The first-order valence-corrected chi connectivity index (χ1v) is 7.73. The van der Waals surface area contributed by atoms with Gasteiger partial charge in [0.25, 0.3) is 5.91 Å². The fraction of sp³-hybridized carbons (Fsp3) is 0.667. The Kier molecular flexibility index (Phi) is 4.39. The second-order valence-corrected chi connectivity index (χ2v) is 7.22. The minimum absolute atomic E-state index is 0.105. The van der Waals surface area contributed by atoms with Gasteiger partial charge in [-0.15, -0.1) is 0 Å². The largest absolute Gasteiger partial charge is 0.444 e. The molecule has 1 aliphatic carbocycles. The maximum absolute atomic E-state index is 12.2. The number of rotatable bonds is 2. The summed E-state index contributed by atoms with van der Waals surface area (Å²) < 4.78 is 5.90. The van der Waals surface area contributed by atoms with Crippen LogP contribution in [0.5, 0.6) is 0 Å². The summed E-state index contributed by atoms with van der Waals surface area (Å²) in [7, 11) is 0. The van der Waals surface area contributed by atoms with E-state index in [0.29, 0.717) is 16.3 Å². The molecule has 1 fully saturated rings. The molecule has 2 rings (SSSR count). The van der Waals surface area contributed by atoms with Crippen LogP contribution in [0.2, 0.25) is 0 Å². The number of hydrogen-bond acceptors (Lipinski definition) is 2. The number of halogens is 1. The van der Waals surface area contributed by atoms with Crippen LogP contribution in [0.1, 0.15) is 57.0 Å². The average Bonchev–Trinajstić information content (AvgIpc) is 2.75. The summed E-state index contributed by atoms with van der Waals surface area (Å²) in [6.07, 6.45) is 4.71. The highest BCUT2D eigenvalue weighted by Gasteiger charge is 2.35. The van der Waals surface area contributed by atoms with Crippen molar-refractivity contribution < 1.29 is 9.21 Å². The van der Waals surface area contributed by atoms with Crippen molar-refractivity contribution in [2.24, 2.45) is 11.3 Å². The lowest BCUT2D eigenvalue weighted by molar-refractivity contribution is 0.0803. The number of carbonyl (C=O) groups excluding carboxylic acids is 1. The molecule has 1 amide bonds. The van der Waals surface area contributed by atoms with Gasteiger partial charge in [0.05, 0.1) is 0 Å². The maximum Gasteiger partial charge on any atom is 0.287 e. The predicted molar refractivity (Wildman–Crippen MR) is 79.1 cm³/mol. The zero-order valence-electron chi connectivity index (χ0n) is 11.8. The van der Waals surface area contributed by atoms with Gasteiger partial charge in [0.15, 0.2) is 10.4 Å². The minimum Gasteiger partial charge on any atom is -0.444 e. The van der Waals surface area contributed by atoms with Gasteiger partial charge >= 0.3 is 0 Å². The van der Waals surface area contributed by atoms with Crippen LogP contribution in [-0.2, 0) is 0 Å². The summed E-state index contributed by atoms with van der Waals surface area (Å²) in [5.41, 5.74) is 0.224. The molecule has 4 heteroatoms. The first kappa shape index (κ1) is 14.6. The van der Waals surface area contributed by atoms with E-state index in [-0.39, 0.29) is 17.4 Å². The van der Waals surface area contributed by atoms with Gasteiger partial charge in [0.1, 0.15) is 0 Å². The zero-order chi connectivity index (χ0) is 14.0. The van der Waals surface area contributed by atoms with Gasteiger partial charge in [-0.1, -0.05) is 33.6 Å². The quantitative estimate of drug-likeness (QED) is 0.875. The third kappa shape index (κ3) is 3.62. The Balaban J connectivity index is 2.05. The van der Waals surface area contributed by atoms with Crippen molar-refractivity contribution in [1.29, 1.82) is 0 Å². The highest BCUT2D eigenvalue weighted by Crippen LogP contribution is 2.38. The van der Waals surface area contributed by atoms with E-state index in [1.165, 1.54) is 19.3 Å². The average molecular weight is 328 g/mol. The topological polar surface area (TPSA) is 42.2 Å². The van der Waals surface area contributed by atoms with Crippen LogP contribution < -0.4 is 5.32 Å². The molecule has 3 nitrogen and oxygen atoms in total. The van der Waals surface area contributed by atoms with Crippen molar-refractivity contribution >= 4 is 21.8 Å². The number of carbonyl (C=O) groups is 1. The molecular weight excluding hydrogens is 306 g/mol. The van der Waals surface area contributed by atoms with Crippen LogP contribution in [0.25, 0.3) is 0 Å². The first-order chi connectivity index (χ1) is 8.88. The molecule has 106 valence electrons. The van der Waals surface area contributed by atoms with Gasteiger partial charge in [-0.3, -0.25) is 4.79 Å². The van der Waals surface area contributed by atoms with E-state index in [9.17, 15) is 4.79 Å². The van der Waals surface area contributed by atoms with Crippen molar-refractivity contribution in [2.45, 2.75) is 52.5 Å². The Morgan fingerprint density at radius 2 is 2.00 bits per heavy atom. The molecule has 0 aliphatic heterocycles. The molecule has 0 spiro atoms. The van der Waals surface area contributed by atoms with Crippen molar-refractivity contribution in [2.75, 3.05) is 0 Å². The van der Waals surface area contributed by atoms with Crippen LogP contribution in [0, 0.1) is 11.3 Å². The highest BCUT2D eigenvalue weighted by molar-refractivity contribution is 9.10. The standard InChI is InChI=1S/C15H22BrNO2/c1-15(2,3)10-6-4-5-7-11(10)17-14(18)12-8-9-13(16)19-12/h8-11H,4-7H2,1-3H3,(H,17,18). The monoisotopic (exact) mass is 327 g/mol. The molecule has 1 aromatic heterocycles. The van der Waals surface area contributed by atoms with E-state index in [1.54, 1.807) is 12.1 Å². The summed E-state index contributed by atoms with van der Waals surface area (Å²) in [5, 5.41) is 3.15. The lowest BCUT2D eigenvalue weighted by Gasteiger charge is -2.40. The van der Waals surface area contributed by atoms with E-state index < -0.39 is 0 Å². The molecule has 1 aliphatic rings. The fourth-order valence-electron chi connectivity index (χ4n) is 3.02. The second-order valence-electron chi connectivity index (χ2n) is 6.44. The summed E-state index contributed by atoms with van der Waals surface area (Å²) in [6.45, 7) is 6.77. The van der Waals surface area contributed by atoms with Gasteiger partial charge in [-0.25, -0.2) is 0 Å². The molecule has 0 radical (unpaired) electrons. The van der Waals surface area contributed by atoms with Crippen LogP contribution in [0.4, 0.5) is 0 Å². The lowest BCUT2D eigenvalue weighted by atomic mass is 9.69. The number of furan rings is 1. The molecule has 19 heavy (non-hydrogen) atoms. The van der Waals surface area contributed by atoms with E-state index in [4.69, 9.17) is 4.42 Å². The summed E-state index contributed by atoms with van der Waals surface area (Å²) in [4.78, 5) is 12.2. The van der Waals surface area contributed by atoms with Crippen LogP contribution >= 0.6 is 15.9 Å². The molecule has 1 saturated carbocycles. The summed E-state index contributed by atoms with van der Waals surface area (Å²) >= 11 is 3.22. The molecule has 2 unspecified atom stereocenters. The van der Waals surface area contributed by atoms with Crippen molar-refractivity contribution in [3.8, 4) is 0 Å². The number of hydrogen-bond donors (Lipinski definition) is 1. The molecule has 1 N–H and O–H groups in total. The smallest absolute Gasteiger partial charge is 0.287 e. The Morgan fingerprint density at radius 3 is 2.58 bits per heavy atom. The lowest BCUT2D eigenvalue weighted by Crippen LogP contribution is -2.46. The zero-order valence-corrected chi connectivity index (χ0v) is 13.4. The van der Waals surface area contributed by atoms with E-state index in [0.717, 1.165) is 6.42 Å². The Labute approximate surface area is 123 Å². The summed E-state index contributed by atoms with van der Waals surface area (Å²) in [6, 6.07) is 3.70. The molecular formula is C15H22BrNO2. The molecule has 0 saturated heterocycles. The molecule has 1 aromatic rings. The Bertz CT molecular complexity index is 447. The van der Waals surface area contributed by atoms with Crippen molar-refractivity contribution in [1.82, 2.24) is 5.32 Å². The van der Waals surface area contributed by atoms with Gasteiger partial charge in [0, 0.05) is 6.04 Å². The van der Waals surface area contributed by atoms with E-state index >= 15 is 0 Å². The van der Waals surface area contributed by atoms with Crippen molar-refractivity contribution in [3.05, 3.63) is 22.6 Å². The van der Waals surface area contributed by atoms with Gasteiger partial charge in [-0.05, 0) is 52.2 Å². The molecule has 2 atom stereocenters. The van der Waals surface area contributed by atoms with Gasteiger partial charge in [0.2, 0.25) is 0 Å². The van der Waals surface area contributed by atoms with Crippen molar-refractivity contribution in [3.63, 3.8) is 0 Å². The van der Waals surface area contributed by atoms with Crippen LogP contribution in [-0.4, -0.2) is 11.9 Å². The third-order valence-electron chi connectivity index (χ3n) is 3.99. The highest BCUT2D eigenvalue weighted by atomic mass is 79.9. The minimum atomic E-state index is -0.105. The van der Waals surface area contributed by atoms with Crippen LogP contribution in [0.15, 0.2) is 21.2 Å². The second kappa shape index (κ2) is 5.70. The van der Waals surface area contributed by atoms with Gasteiger partial charge < -0.3 is 9.73 Å². The number of amides is 1. The molecule has 0 bridgehead atoms. The predicted octanol–water partition coefficient (Wildman–Crippen LogP) is 4.38. The Hall–Kier alpha value is -0.770. The van der Waals surface area contributed by atoms with Gasteiger partial charge in [-0.2, -0.15) is 0 Å². The first-order valence-electron chi connectivity index (χ1n) is 6.94. The number of nitrogens with one attached hydrogen (secondary N) is 1. The molecule has 1 heterocycles. The normalized spacial score (nSPS) is 24.2. The van der Waals surface area contributed by atoms with Crippen LogP contribution in [0.3, 0.4) is 0 Å². The fourth-order valence-corrected chi connectivity index (χ4v) is 3.32. The maximum atomic E-state index is 12.2. The van der Waals surface area contributed by atoms with E-state index in [2.05, 4.69) is 42.0 Å².